The van der Waals surface area contributed by atoms with Crippen molar-refractivity contribution in [3.63, 3.8) is 0 Å². The van der Waals surface area contributed by atoms with E-state index in [0.717, 1.165) is 50.5 Å². The molecule has 0 unspecified atom stereocenters. The van der Waals surface area contributed by atoms with E-state index in [-0.39, 0.29) is 0 Å². The smallest absolute Gasteiger partial charge is 0.160 e. The van der Waals surface area contributed by atoms with Gasteiger partial charge in [0, 0.05) is 49.6 Å². The van der Waals surface area contributed by atoms with Crippen LogP contribution >= 0.6 is 0 Å². The van der Waals surface area contributed by atoms with E-state index >= 15 is 0 Å². The van der Waals surface area contributed by atoms with Crippen LogP contribution in [0.15, 0.2) is 255 Å². The average Bonchev–Trinajstić information content (AvgIpc) is 3.94. The highest BCUT2D eigenvalue weighted by Crippen LogP contribution is 2.39. The van der Waals surface area contributed by atoms with Crippen LogP contribution < -0.4 is 0 Å². The van der Waals surface area contributed by atoms with Crippen LogP contribution in [0.5, 0.6) is 0 Å². The molecular formula is C64H42N4. The number of benzene rings is 10. The van der Waals surface area contributed by atoms with Crippen LogP contribution in [0.2, 0.25) is 0 Å². The maximum Gasteiger partial charge on any atom is 0.160 e. The highest BCUT2D eigenvalue weighted by atomic mass is 15.0. The fourth-order valence-electron chi connectivity index (χ4n) is 10.0. The molecule has 0 radical (unpaired) electrons. The minimum Gasteiger partial charge on any atom is -0.309 e. The molecule has 0 spiro atoms. The van der Waals surface area contributed by atoms with Gasteiger partial charge in [-0.15, -0.1) is 0 Å². The summed E-state index contributed by atoms with van der Waals surface area (Å²) in [5, 5.41) is 4.88. The maximum atomic E-state index is 5.15. The molecule has 68 heavy (non-hydrogen) atoms. The summed E-state index contributed by atoms with van der Waals surface area (Å²) < 4.78 is 4.78. The van der Waals surface area contributed by atoms with E-state index in [4.69, 9.17) is 9.97 Å². The lowest BCUT2D eigenvalue weighted by Crippen LogP contribution is -1.97. The van der Waals surface area contributed by atoms with Crippen molar-refractivity contribution < 1.29 is 0 Å². The predicted octanol–water partition coefficient (Wildman–Crippen LogP) is 16.7. The Labute approximate surface area is 394 Å². The Morgan fingerprint density at radius 1 is 0.221 bits per heavy atom. The van der Waals surface area contributed by atoms with Crippen LogP contribution in [-0.2, 0) is 0 Å². The van der Waals surface area contributed by atoms with E-state index in [9.17, 15) is 0 Å². The van der Waals surface area contributed by atoms with Crippen molar-refractivity contribution in [3.8, 4) is 78.7 Å². The quantitative estimate of drug-likeness (QED) is 0.153. The van der Waals surface area contributed by atoms with Gasteiger partial charge in [0.2, 0.25) is 0 Å². The third-order valence-electron chi connectivity index (χ3n) is 13.4. The number of nitrogens with zero attached hydrogens (tertiary/aromatic N) is 4. The number of hydrogen-bond donors (Lipinski definition) is 0. The van der Waals surface area contributed by atoms with Gasteiger partial charge in [0.25, 0.3) is 0 Å². The summed E-state index contributed by atoms with van der Waals surface area (Å²) in [6, 6.07) is 91.2. The van der Waals surface area contributed by atoms with E-state index in [0.29, 0.717) is 5.82 Å². The molecule has 0 fully saturated rings. The Morgan fingerprint density at radius 3 is 1.18 bits per heavy atom. The first-order valence-electron chi connectivity index (χ1n) is 23.1. The molecule has 10 aromatic carbocycles. The van der Waals surface area contributed by atoms with Gasteiger partial charge in [0.1, 0.15) is 0 Å². The molecule has 4 nitrogen and oxygen atoms in total. The molecule has 0 atom stereocenters. The van der Waals surface area contributed by atoms with Crippen molar-refractivity contribution in [1.82, 2.24) is 19.1 Å². The van der Waals surface area contributed by atoms with Crippen LogP contribution in [0.25, 0.3) is 122 Å². The minimum absolute atomic E-state index is 0.704. The number of hydrogen-bond acceptors (Lipinski definition) is 2. The van der Waals surface area contributed by atoms with Crippen LogP contribution in [0.1, 0.15) is 0 Å². The van der Waals surface area contributed by atoms with Gasteiger partial charge in [-0.3, -0.25) is 0 Å². The lowest BCUT2D eigenvalue weighted by molar-refractivity contribution is 1.16. The summed E-state index contributed by atoms with van der Waals surface area (Å²) in [5.74, 6) is 0.704. The molecule has 318 valence electrons. The summed E-state index contributed by atoms with van der Waals surface area (Å²) in [5.41, 5.74) is 18.9. The second-order valence-corrected chi connectivity index (χ2v) is 17.4. The monoisotopic (exact) mass is 866 g/mol. The Balaban J connectivity index is 0.871. The second kappa shape index (κ2) is 16.4. The van der Waals surface area contributed by atoms with E-state index < -0.39 is 0 Å². The van der Waals surface area contributed by atoms with Gasteiger partial charge in [0.15, 0.2) is 5.82 Å². The predicted molar refractivity (Wildman–Crippen MR) is 283 cm³/mol. The standard InChI is InChI=1S/C64H42N4/c1-4-15-43(16-5-1)44-27-29-45(30-28-44)46-31-35-52(36-32-46)67-60-25-12-10-23-54(60)56-40-49(33-37-62(56)67)50-34-38-63-57(41-50)55-24-11-13-26-61(55)68(63)53-22-14-21-51(39-53)59-42-58(47-17-6-2-7-18-47)65-64(66-59)48-19-8-3-9-20-48/h1-42H. The Kier molecular flexibility index (Phi) is 9.47. The van der Waals surface area contributed by atoms with Gasteiger partial charge in [0.05, 0.1) is 33.5 Å². The SMILES string of the molecule is c1ccc(-c2ccc(-c3ccc(-n4c5ccccc5c5cc(-c6ccc7c(c6)c6ccccc6n7-c6cccc(-c7cc(-c8ccccc8)nc(-c8ccccc8)n7)c6)ccc54)cc3)cc2)cc1. The minimum atomic E-state index is 0.704. The largest absolute Gasteiger partial charge is 0.309 e. The molecule has 0 saturated heterocycles. The normalized spacial score (nSPS) is 11.5. The van der Waals surface area contributed by atoms with E-state index in [1.807, 2.05) is 24.3 Å². The molecule has 13 aromatic rings. The topological polar surface area (TPSA) is 35.6 Å². The number of rotatable bonds is 8. The lowest BCUT2D eigenvalue weighted by Gasteiger charge is -2.12. The summed E-state index contributed by atoms with van der Waals surface area (Å²) in [7, 11) is 0. The van der Waals surface area contributed by atoms with Gasteiger partial charge in [-0.25, -0.2) is 9.97 Å². The first-order valence-corrected chi connectivity index (χ1v) is 23.1. The fraction of sp³-hybridized carbons (Fsp3) is 0. The summed E-state index contributed by atoms with van der Waals surface area (Å²) in [6.45, 7) is 0. The highest BCUT2D eigenvalue weighted by Gasteiger charge is 2.18. The molecule has 4 heteroatoms. The van der Waals surface area contributed by atoms with Crippen LogP contribution in [0.4, 0.5) is 0 Å². The molecular weight excluding hydrogens is 825 g/mol. The van der Waals surface area contributed by atoms with Gasteiger partial charge >= 0.3 is 0 Å². The van der Waals surface area contributed by atoms with E-state index in [2.05, 4.69) is 240 Å². The molecule has 0 aliphatic heterocycles. The third-order valence-corrected chi connectivity index (χ3v) is 13.4. The molecule has 0 saturated carbocycles. The van der Waals surface area contributed by atoms with Gasteiger partial charge in [-0.05, 0) is 100 Å². The van der Waals surface area contributed by atoms with Crippen LogP contribution in [0.3, 0.4) is 0 Å². The zero-order valence-electron chi connectivity index (χ0n) is 37.0. The number of para-hydroxylation sites is 2. The average molecular weight is 867 g/mol. The molecule has 13 rings (SSSR count). The van der Waals surface area contributed by atoms with Crippen molar-refractivity contribution in [2.24, 2.45) is 0 Å². The summed E-state index contributed by atoms with van der Waals surface area (Å²) >= 11 is 0. The van der Waals surface area contributed by atoms with Crippen molar-refractivity contribution in [1.29, 1.82) is 0 Å². The number of fused-ring (bicyclic) bond motifs is 6. The van der Waals surface area contributed by atoms with Crippen LogP contribution in [0, 0.1) is 0 Å². The molecule has 0 bridgehead atoms. The Morgan fingerprint density at radius 2 is 0.618 bits per heavy atom. The number of aromatic nitrogens is 4. The van der Waals surface area contributed by atoms with E-state index in [1.54, 1.807) is 0 Å². The van der Waals surface area contributed by atoms with Gasteiger partial charge in [-0.1, -0.05) is 188 Å². The summed E-state index contributed by atoms with van der Waals surface area (Å²) in [6.07, 6.45) is 0. The third kappa shape index (κ3) is 6.86. The first kappa shape index (κ1) is 39.3. The molecule has 3 aromatic heterocycles. The molecule has 3 heterocycles. The molecule has 0 aliphatic rings. The Hall–Kier alpha value is -9.12. The highest BCUT2D eigenvalue weighted by molar-refractivity contribution is 6.12. The van der Waals surface area contributed by atoms with Crippen molar-refractivity contribution in [2.75, 3.05) is 0 Å². The molecule has 0 amide bonds. The lowest BCUT2D eigenvalue weighted by atomic mass is 10.00. The molecule has 0 N–H and O–H groups in total. The van der Waals surface area contributed by atoms with Crippen molar-refractivity contribution >= 4 is 43.6 Å². The van der Waals surface area contributed by atoms with Gasteiger partial charge < -0.3 is 9.13 Å². The van der Waals surface area contributed by atoms with Crippen molar-refractivity contribution in [2.45, 2.75) is 0 Å². The Bertz CT molecular complexity index is 3920. The molecule has 0 aliphatic carbocycles. The zero-order chi connectivity index (χ0) is 45.0. The second-order valence-electron chi connectivity index (χ2n) is 17.4. The summed E-state index contributed by atoms with van der Waals surface area (Å²) in [4.78, 5) is 10.2. The zero-order valence-corrected chi connectivity index (χ0v) is 37.0. The van der Waals surface area contributed by atoms with Crippen LogP contribution in [-0.4, -0.2) is 19.1 Å². The van der Waals surface area contributed by atoms with Crippen molar-refractivity contribution in [3.05, 3.63) is 255 Å². The fourth-order valence-corrected chi connectivity index (χ4v) is 10.0. The van der Waals surface area contributed by atoms with E-state index in [1.165, 1.54) is 66.0 Å². The van der Waals surface area contributed by atoms with Gasteiger partial charge in [-0.2, -0.15) is 0 Å². The first-order chi connectivity index (χ1) is 33.7. The maximum absolute atomic E-state index is 5.15.